The number of nitrogens with zero attached hydrogens (tertiary/aromatic N) is 4. The van der Waals surface area contributed by atoms with Crippen LogP contribution in [-0.4, -0.2) is 26.1 Å². The van der Waals surface area contributed by atoms with Crippen molar-refractivity contribution in [2.45, 2.75) is 13.1 Å². The first-order chi connectivity index (χ1) is 14.9. The summed E-state index contributed by atoms with van der Waals surface area (Å²) in [6, 6.07) is 8.80. The molecule has 9 nitrogen and oxygen atoms in total. The Morgan fingerprint density at radius 3 is 2.00 bits per heavy atom. The highest BCUT2D eigenvalue weighted by atomic mass is 16.3. The van der Waals surface area contributed by atoms with Gasteiger partial charge in [0.15, 0.2) is 13.1 Å². The normalized spacial score (nSPS) is 10.9. The molecule has 0 aliphatic heterocycles. The molecule has 0 saturated carbocycles. The van der Waals surface area contributed by atoms with Crippen molar-refractivity contribution in [1.29, 1.82) is 0 Å². The number of carbonyl (C=O) groups excluding carboxylic acids is 2. The van der Waals surface area contributed by atoms with Crippen LogP contribution in [0.15, 0.2) is 67.8 Å². The van der Waals surface area contributed by atoms with Gasteiger partial charge in [0, 0.05) is 5.39 Å². The molecule has 31 heavy (non-hydrogen) atoms. The number of aryl methyl sites for hydroxylation is 2. The van der Waals surface area contributed by atoms with Gasteiger partial charge in [0.1, 0.15) is 30.5 Å². The zero-order valence-electron chi connectivity index (χ0n) is 17.3. The van der Waals surface area contributed by atoms with Crippen LogP contribution < -0.4 is 19.8 Å². The molecule has 0 aliphatic carbocycles. The van der Waals surface area contributed by atoms with Crippen molar-refractivity contribution >= 4 is 34.0 Å². The lowest BCUT2D eigenvalue weighted by Crippen LogP contribution is -2.25. The van der Waals surface area contributed by atoms with Crippen LogP contribution >= 0.6 is 0 Å². The van der Waals surface area contributed by atoms with Crippen LogP contribution in [-0.2, 0) is 36.8 Å². The number of phenolic OH excluding ortho intramolecular Hbond substituents is 1. The summed E-state index contributed by atoms with van der Waals surface area (Å²) in [5.41, 5.74) is 0.762. The Bertz CT molecular complexity index is 1270. The van der Waals surface area contributed by atoms with Gasteiger partial charge in [0.25, 0.3) is 11.8 Å². The lowest BCUT2D eigenvalue weighted by atomic mass is 10.1. The summed E-state index contributed by atoms with van der Waals surface area (Å²) in [5.74, 6) is -0.585. The quantitative estimate of drug-likeness (QED) is 0.322. The number of phenols is 1. The summed E-state index contributed by atoms with van der Waals surface area (Å²) in [4.78, 5) is 24.9. The molecule has 0 radical (unpaired) electrons. The number of rotatable bonds is 6. The summed E-state index contributed by atoms with van der Waals surface area (Å²) in [7, 11) is 3.75. The third kappa shape index (κ3) is 4.55. The minimum Gasteiger partial charge on any atom is -0.505 e. The number of hydrogen-bond donors (Lipinski definition) is 3. The third-order valence-electron chi connectivity index (χ3n) is 4.87. The smallest absolute Gasteiger partial charge is 0.266 e. The molecule has 0 saturated heterocycles. The van der Waals surface area contributed by atoms with E-state index in [0.29, 0.717) is 11.1 Å². The van der Waals surface area contributed by atoms with Gasteiger partial charge in [-0.25, -0.2) is 18.3 Å². The molecule has 3 N–H and O–H groups in total. The second-order valence-corrected chi connectivity index (χ2v) is 7.46. The van der Waals surface area contributed by atoms with Crippen molar-refractivity contribution in [3.8, 4) is 5.75 Å². The molecular weight excluding hydrogens is 396 g/mol. The number of fused-ring (bicyclic) bond motifs is 1. The van der Waals surface area contributed by atoms with Gasteiger partial charge >= 0.3 is 0 Å². The molecular formula is C22H24N6O3+2. The van der Waals surface area contributed by atoms with E-state index in [2.05, 4.69) is 10.6 Å². The number of benzene rings is 2. The number of aromatic hydroxyl groups is 1. The van der Waals surface area contributed by atoms with Crippen LogP contribution in [0.2, 0.25) is 0 Å². The fraction of sp³-hybridized carbons (Fsp3) is 0.182. The molecule has 0 fully saturated rings. The second kappa shape index (κ2) is 8.31. The molecule has 4 aromatic rings. The lowest BCUT2D eigenvalue weighted by Gasteiger charge is -2.13. The molecule has 2 amide bonds. The van der Waals surface area contributed by atoms with Crippen LogP contribution in [0.25, 0.3) is 10.8 Å². The first kappa shape index (κ1) is 20.1. The summed E-state index contributed by atoms with van der Waals surface area (Å²) >= 11 is 0. The van der Waals surface area contributed by atoms with Crippen LogP contribution in [0.4, 0.5) is 11.4 Å². The second-order valence-electron chi connectivity index (χ2n) is 7.46. The van der Waals surface area contributed by atoms with E-state index >= 15 is 0 Å². The van der Waals surface area contributed by atoms with E-state index in [1.54, 1.807) is 58.4 Å². The van der Waals surface area contributed by atoms with E-state index in [-0.39, 0.29) is 36.3 Å². The molecule has 2 heterocycles. The number of carbonyl (C=O) groups is 2. The topological polar surface area (TPSA) is 96.0 Å². The molecule has 0 aliphatic rings. The van der Waals surface area contributed by atoms with E-state index in [4.69, 9.17) is 0 Å². The van der Waals surface area contributed by atoms with Gasteiger partial charge in [-0.3, -0.25) is 9.59 Å². The molecule has 0 spiro atoms. The fourth-order valence-electron chi connectivity index (χ4n) is 3.47. The standard InChI is InChI=1S/C22H22N6O3/c1-25-8-10-27(14-25)12-19(29)23-17-5-3-4-16-6-7-18(22(31)21(16)17)24-20(30)13-28-11-9-26(2)15-28/h3-11,14-15H,12-13H2,1-2H3,(H-2,23,24,29,30,31)/p+2. The molecule has 158 valence electrons. The Hall–Kier alpha value is -4.14. The van der Waals surface area contributed by atoms with Gasteiger partial charge in [0.05, 0.1) is 25.5 Å². The highest BCUT2D eigenvalue weighted by Crippen LogP contribution is 2.37. The first-order valence-electron chi connectivity index (χ1n) is 9.75. The minimum absolute atomic E-state index is 0.0906. The summed E-state index contributed by atoms with van der Waals surface area (Å²) < 4.78 is 7.18. The van der Waals surface area contributed by atoms with Gasteiger partial charge in [-0.2, -0.15) is 0 Å². The largest absolute Gasteiger partial charge is 0.505 e. The Labute approximate surface area is 178 Å². The van der Waals surface area contributed by atoms with Crippen LogP contribution in [0.5, 0.6) is 5.75 Å². The highest BCUT2D eigenvalue weighted by Gasteiger charge is 2.16. The minimum atomic E-state index is -0.271. The number of anilines is 2. The van der Waals surface area contributed by atoms with Crippen LogP contribution in [0, 0.1) is 0 Å². The number of imidazole rings is 2. The van der Waals surface area contributed by atoms with Crippen molar-refractivity contribution in [1.82, 2.24) is 9.13 Å². The summed E-state index contributed by atoms with van der Waals surface area (Å²) in [6.07, 6.45) is 10.9. The van der Waals surface area contributed by atoms with E-state index in [0.717, 1.165) is 5.39 Å². The number of hydrogen-bond acceptors (Lipinski definition) is 3. The van der Waals surface area contributed by atoms with Crippen LogP contribution in [0.1, 0.15) is 0 Å². The molecule has 0 bridgehead atoms. The fourth-order valence-corrected chi connectivity index (χ4v) is 3.47. The average Bonchev–Trinajstić information content (AvgIpc) is 3.31. The highest BCUT2D eigenvalue weighted by molar-refractivity contribution is 6.08. The molecule has 2 aromatic heterocycles. The SMILES string of the molecule is C[n+]1ccn(CC(=O)Nc2ccc3cccc(NC(=O)Cn4cc[n+](C)c4)c3c2O)c1. The Balaban J connectivity index is 1.55. The summed E-state index contributed by atoms with van der Waals surface area (Å²) in [5, 5.41) is 17.7. The van der Waals surface area contributed by atoms with E-state index in [1.807, 2.05) is 41.7 Å². The number of nitrogens with one attached hydrogen (secondary N) is 2. The van der Waals surface area contributed by atoms with Crippen LogP contribution in [0.3, 0.4) is 0 Å². The predicted molar refractivity (Wildman–Crippen MR) is 114 cm³/mol. The van der Waals surface area contributed by atoms with Gasteiger partial charge in [-0.05, 0) is 17.5 Å². The van der Waals surface area contributed by atoms with Gasteiger partial charge in [0.2, 0.25) is 12.7 Å². The van der Waals surface area contributed by atoms with E-state index in [9.17, 15) is 14.7 Å². The van der Waals surface area contributed by atoms with Crippen molar-refractivity contribution in [3.63, 3.8) is 0 Å². The molecule has 9 heteroatoms. The predicted octanol–water partition coefficient (Wildman–Crippen LogP) is 1.07. The average molecular weight is 420 g/mol. The monoisotopic (exact) mass is 420 g/mol. The van der Waals surface area contributed by atoms with Crippen molar-refractivity contribution < 1.29 is 23.8 Å². The number of aromatic nitrogens is 4. The molecule has 0 atom stereocenters. The van der Waals surface area contributed by atoms with Gasteiger partial charge in [-0.1, -0.05) is 18.2 Å². The maximum Gasteiger partial charge on any atom is 0.266 e. The number of amides is 2. The van der Waals surface area contributed by atoms with E-state index < -0.39 is 0 Å². The van der Waals surface area contributed by atoms with Crippen molar-refractivity contribution in [2.24, 2.45) is 14.1 Å². The molecule has 4 rings (SSSR count). The maximum atomic E-state index is 12.5. The molecule has 2 aromatic carbocycles. The zero-order chi connectivity index (χ0) is 22.0. The van der Waals surface area contributed by atoms with E-state index in [1.165, 1.54) is 0 Å². The Kier molecular flexibility index (Phi) is 5.40. The molecule has 0 unspecified atom stereocenters. The summed E-state index contributed by atoms with van der Waals surface area (Å²) in [6.45, 7) is 0.258. The van der Waals surface area contributed by atoms with Gasteiger partial charge < -0.3 is 15.7 Å². The Morgan fingerprint density at radius 2 is 1.45 bits per heavy atom. The third-order valence-corrected chi connectivity index (χ3v) is 4.87. The zero-order valence-corrected chi connectivity index (χ0v) is 17.3. The Morgan fingerprint density at radius 1 is 0.871 bits per heavy atom. The lowest BCUT2D eigenvalue weighted by molar-refractivity contribution is -0.671. The van der Waals surface area contributed by atoms with Crippen molar-refractivity contribution in [2.75, 3.05) is 10.6 Å². The maximum absolute atomic E-state index is 12.5. The first-order valence-corrected chi connectivity index (χ1v) is 9.75. The van der Waals surface area contributed by atoms with Gasteiger partial charge in [-0.15, -0.1) is 0 Å². The van der Waals surface area contributed by atoms with Crippen molar-refractivity contribution in [3.05, 3.63) is 67.8 Å².